The first-order valence-electron chi connectivity index (χ1n) is 7.21. The molecule has 0 radical (unpaired) electrons. The Labute approximate surface area is 146 Å². The molecular weight excluding hydrogens is 362 g/mol. The quantitative estimate of drug-likeness (QED) is 0.764. The third-order valence-corrected chi connectivity index (χ3v) is 5.18. The zero-order valence-electron chi connectivity index (χ0n) is 13.1. The van der Waals surface area contributed by atoms with E-state index in [4.69, 9.17) is 5.26 Å². The number of nitrogens with zero attached hydrogens (tertiary/aromatic N) is 1. The van der Waals surface area contributed by atoms with Crippen LogP contribution in [0.1, 0.15) is 5.56 Å². The van der Waals surface area contributed by atoms with Gasteiger partial charge in [-0.05, 0) is 24.3 Å². The summed E-state index contributed by atoms with van der Waals surface area (Å²) in [6.45, 7) is 3.25. The predicted octanol–water partition coefficient (Wildman–Crippen LogP) is 3.26. The molecule has 5 nitrogen and oxygen atoms in total. The summed E-state index contributed by atoms with van der Waals surface area (Å²) in [7, 11) is -3.90. The van der Waals surface area contributed by atoms with Crippen molar-refractivity contribution in [2.24, 2.45) is 0 Å². The van der Waals surface area contributed by atoms with Crippen molar-refractivity contribution in [3.05, 3.63) is 75.8 Å². The molecule has 1 N–H and O–H groups in total. The van der Waals surface area contributed by atoms with E-state index in [0.717, 1.165) is 17.5 Å². The van der Waals surface area contributed by atoms with Gasteiger partial charge in [0.2, 0.25) is 0 Å². The van der Waals surface area contributed by atoms with E-state index in [0.29, 0.717) is 6.07 Å². The fourth-order valence-electron chi connectivity index (χ4n) is 2.60. The molecule has 0 unspecified atom stereocenters. The summed E-state index contributed by atoms with van der Waals surface area (Å²) in [5.74, 6) is -1.93. The highest BCUT2D eigenvalue weighted by atomic mass is 32.2. The largest absolute Gasteiger partial charge is 0.354 e. The van der Waals surface area contributed by atoms with Crippen LogP contribution in [0, 0.1) is 23.0 Å². The Morgan fingerprint density at radius 1 is 1.15 bits per heavy atom. The summed E-state index contributed by atoms with van der Waals surface area (Å²) >= 11 is 0. The Hall–Kier alpha value is -3.31. The van der Waals surface area contributed by atoms with Crippen LogP contribution < -0.4 is 5.43 Å². The molecule has 0 amide bonds. The van der Waals surface area contributed by atoms with E-state index in [1.807, 2.05) is 6.07 Å². The van der Waals surface area contributed by atoms with Crippen molar-refractivity contribution < 1.29 is 17.2 Å². The molecule has 0 aliphatic heterocycles. The number of hydrogen-bond donors (Lipinski definition) is 1. The van der Waals surface area contributed by atoms with Gasteiger partial charge in [0.1, 0.15) is 11.6 Å². The molecule has 0 spiro atoms. The van der Waals surface area contributed by atoms with Crippen LogP contribution in [0.5, 0.6) is 0 Å². The molecule has 0 atom stereocenters. The fraction of sp³-hybridized carbons (Fsp3) is 0. The van der Waals surface area contributed by atoms with Crippen LogP contribution in [0.25, 0.3) is 22.2 Å². The summed E-state index contributed by atoms with van der Waals surface area (Å²) in [5, 5.41) is 9.45. The number of hydrogen-bond acceptors (Lipinski definition) is 4. The van der Waals surface area contributed by atoms with Gasteiger partial charge >= 0.3 is 0 Å². The summed E-state index contributed by atoms with van der Waals surface area (Å²) in [6.07, 6.45) is 0. The van der Waals surface area contributed by atoms with Gasteiger partial charge in [-0.15, -0.1) is 0 Å². The average Bonchev–Trinajstić information content (AvgIpc) is 2.60. The van der Waals surface area contributed by atoms with Crippen LogP contribution in [0.15, 0.2) is 58.1 Å². The minimum absolute atomic E-state index is 0.00465. The second-order valence-electron chi connectivity index (χ2n) is 5.39. The van der Waals surface area contributed by atoms with Crippen molar-refractivity contribution in [2.45, 2.75) is 4.90 Å². The number of aromatic amines is 1. The number of H-pyrrole nitrogens is 1. The SMILES string of the molecule is C=CS(=O)(=O)c1ccc(C#N)cc1-c1cc(=O)c2c(F)cc(F)cc2[nH]1. The molecule has 130 valence electrons. The number of nitriles is 1. The number of benzene rings is 2. The van der Waals surface area contributed by atoms with Gasteiger partial charge < -0.3 is 4.98 Å². The van der Waals surface area contributed by atoms with Gasteiger partial charge in [-0.1, -0.05) is 6.58 Å². The zero-order chi connectivity index (χ0) is 19.1. The molecule has 0 aliphatic carbocycles. The predicted molar refractivity (Wildman–Crippen MR) is 92.0 cm³/mol. The van der Waals surface area contributed by atoms with Crippen molar-refractivity contribution in [1.29, 1.82) is 5.26 Å². The Morgan fingerprint density at radius 3 is 2.54 bits per heavy atom. The Kier molecular flexibility index (Phi) is 4.18. The number of sulfone groups is 1. The summed E-state index contributed by atoms with van der Waals surface area (Å²) in [6, 6.07) is 8.17. The van der Waals surface area contributed by atoms with Crippen molar-refractivity contribution in [3.63, 3.8) is 0 Å². The number of aromatic nitrogens is 1. The summed E-state index contributed by atoms with van der Waals surface area (Å²) < 4.78 is 51.8. The van der Waals surface area contributed by atoms with Crippen molar-refractivity contribution >= 4 is 20.7 Å². The Bertz CT molecular complexity index is 1270. The van der Waals surface area contributed by atoms with Gasteiger partial charge in [0, 0.05) is 23.1 Å². The van der Waals surface area contributed by atoms with Crippen LogP contribution in [0.2, 0.25) is 0 Å². The highest BCUT2D eigenvalue weighted by molar-refractivity contribution is 7.94. The molecular formula is C18H10F2N2O3S. The highest BCUT2D eigenvalue weighted by Crippen LogP contribution is 2.29. The van der Waals surface area contributed by atoms with Gasteiger partial charge in [0.25, 0.3) is 0 Å². The molecule has 1 heterocycles. The molecule has 2 aromatic carbocycles. The minimum atomic E-state index is -3.90. The van der Waals surface area contributed by atoms with E-state index in [-0.39, 0.29) is 32.6 Å². The lowest BCUT2D eigenvalue weighted by molar-refractivity contribution is 0.591. The maximum Gasteiger partial charge on any atom is 0.199 e. The second-order valence-corrected chi connectivity index (χ2v) is 7.26. The zero-order valence-corrected chi connectivity index (χ0v) is 13.9. The molecule has 0 aliphatic rings. The van der Waals surface area contributed by atoms with Gasteiger partial charge in [-0.3, -0.25) is 4.79 Å². The first kappa shape index (κ1) is 17.5. The molecule has 0 fully saturated rings. The standard InChI is InChI=1S/C18H10F2N2O3S/c1-2-26(24,25)17-4-3-10(9-21)5-12(17)14-8-16(23)18-13(20)6-11(19)7-15(18)22-14/h2-8H,1H2,(H,22,23). The topological polar surface area (TPSA) is 90.8 Å². The van der Waals surface area contributed by atoms with Crippen LogP contribution in [-0.2, 0) is 9.84 Å². The first-order chi connectivity index (χ1) is 12.3. The molecule has 26 heavy (non-hydrogen) atoms. The summed E-state index contributed by atoms with van der Waals surface area (Å²) in [4.78, 5) is 14.7. The lowest BCUT2D eigenvalue weighted by atomic mass is 10.1. The maximum absolute atomic E-state index is 13.9. The lowest BCUT2D eigenvalue weighted by Gasteiger charge is -2.10. The van der Waals surface area contributed by atoms with E-state index in [9.17, 15) is 22.0 Å². The molecule has 0 saturated carbocycles. The number of nitrogens with one attached hydrogen (secondary N) is 1. The number of rotatable bonds is 3. The highest BCUT2D eigenvalue weighted by Gasteiger charge is 2.19. The van der Waals surface area contributed by atoms with E-state index >= 15 is 0 Å². The molecule has 3 rings (SSSR count). The van der Waals surface area contributed by atoms with E-state index in [1.165, 1.54) is 18.2 Å². The summed E-state index contributed by atoms with van der Waals surface area (Å²) in [5.41, 5.74) is -0.711. The molecule has 3 aromatic rings. The minimum Gasteiger partial charge on any atom is -0.354 e. The Morgan fingerprint density at radius 2 is 1.88 bits per heavy atom. The molecule has 8 heteroatoms. The van der Waals surface area contributed by atoms with Gasteiger partial charge in [-0.25, -0.2) is 17.2 Å². The molecule has 0 saturated heterocycles. The van der Waals surface area contributed by atoms with Crippen molar-refractivity contribution in [2.75, 3.05) is 0 Å². The Balaban J connectivity index is 2.42. The normalized spacial score (nSPS) is 11.3. The lowest BCUT2D eigenvalue weighted by Crippen LogP contribution is -2.07. The van der Waals surface area contributed by atoms with Gasteiger partial charge in [-0.2, -0.15) is 5.26 Å². The van der Waals surface area contributed by atoms with Gasteiger partial charge in [0.15, 0.2) is 15.3 Å². The molecule has 0 bridgehead atoms. The van der Waals surface area contributed by atoms with E-state index in [2.05, 4.69) is 11.6 Å². The van der Waals surface area contributed by atoms with Crippen molar-refractivity contribution in [3.8, 4) is 17.3 Å². The smallest absolute Gasteiger partial charge is 0.199 e. The number of fused-ring (bicyclic) bond motifs is 1. The third-order valence-electron chi connectivity index (χ3n) is 3.77. The van der Waals surface area contributed by atoms with Crippen LogP contribution in [-0.4, -0.2) is 13.4 Å². The maximum atomic E-state index is 13.9. The number of pyridine rings is 1. The monoisotopic (exact) mass is 372 g/mol. The van der Waals surface area contributed by atoms with E-state index < -0.39 is 26.9 Å². The first-order valence-corrected chi connectivity index (χ1v) is 8.75. The van der Waals surface area contributed by atoms with Crippen molar-refractivity contribution in [1.82, 2.24) is 4.98 Å². The second kappa shape index (κ2) is 6.20. The fourth-order valence-corrected chi connectivity index (χ4v) is 3.51. The van der Waals surface area contributed by atoms with Crippen LogP contribution in [0.3, 0.4) is 0 Å². The van der Waals surface area contributed by atoms with Gasteiger partial charge in [0.05, 0.1) is 33.1 Å². The number of halogens is 2. The molecule has 1 aromatic heterocycles. The van der Waals surface area contributed by atoms with E-state index in [1.54, 1.807) is 0 Å². The van der Waals surface area contributed by atoms with Crippen LogP contribution >= 0.6 is 0 Å². The van der Waals surface area contributed by atoms with Crippen LogP contribution in [0.4, 0.5) is 8.78 Å². The average molecular weight is 372 g/mol. The third kappa shape index (κ3) is 2.89.